The Morgan fingerprint density at radius 2 is 1.79 bits per heavy atom. The first-order valence-electron chi connectivity index (χ1n) is 11.4. The fraction of sp³-hybridized carbons (Fsp3) is 0.407. The molecule has 7 heteroatoms. The third kappa shape index (κ3) is 4.47. The second kappa shape index (κ2) is 9.05. The van der Waals surface area contributed by atoms with Crippen molar-refractivity contribution in [1.82, 2.24) is 4.90 Å². The smallest absolute Gasteiger partial charge is 0.336 e. The molecule has 0 aliphatic carbocycles. The van der Waals surface area contributed by atoms with Crippen LogP contribution in [0.1, 0.15) is 43.5 Å². The normalized spacial score (nSPS) is 15.7. The number of benzene rings is 2. The number of hydrogen-bond acceptors (Lipinski definition) is 6. The van der Waals surface area contributed by atoms with Gasteiger partial charge in [0.15, 0.2) is 11.5 Å². The topological polar surface area (TPSA) is 78.2 Å². The summed E-state index contributed by atoms with van der Waals surface area (Å²) in [6.07, 6.45) is 0.717. The third-order valence-electron chi connectivity index (χ3n) is 6.24. The molecule has 7 nitrogen and oxygen atoms in total. The van der Waals surface area contributed by atoms with Crippen LogP contribution >= 0.6 is 0 Å². The molecule has 4 rings (SSSR count). The molecule has 2 aromatic carbocycles. The van der Waals surface area contributed by atoms with E-state index in [2.05, 4.69) is 0 Å². The highest BCUT2D eigenvalue weighted by molar-refractivity contribution is 5.83. The molecule has 0 radical (unpaired) electrons. The Labute approximate surface area is 199 Å². The number of ether oxygens (including phenoxy) is 3. The number of methoxy groups -OCH3 is 2. The molecule has 0 spiro atoms. The predicted molar refractivity (Wildman–Crippen MR) is 130 cm³/mol. The minimum atomic E-state index is -0.532. The van der Waals surface area contributed by atoms with Crippen LogP contribution in [0.5, 0.6) is 17.2 Å². The SMILES string of the molecule is COc1cc2c(cc1OC)[C@H](COc1ccc3c(C)cc(=O)oc3c1)N(C(=O)C(C)(C)C)CC2. The lowest BCUT2D eigenvalue weighted by Crippen LogP contribution is -2.47. The summed E-state index contributed by atoms with van der Waals surface area (Å²) in [6.45, 7) is 8.46. The predicted octanol–water partition coefficient (Wildman–Crippen LogP) is 4.67. The van der Waals surface area contributed by atoms with Crippen LogP contribution in [0.15, 0.2) is 45.6 Å². The molecule has 1 aromatic heterocycles. The number of hydrogen-bond donors (Lipinski definition) is 0. The average Bonchev–Trinajstić information content (AvgIpc) is 2.79. The van der Waals surface area contributed by atoms with Crippen molar-refractivity contribution in [2.24, 2.45) is 5.41 Å². The number of aryl methyl sites for hydroxylation is 1. The molecule has 1 aliphatic rings. The van der Waals surface area contributed by atoms with Gasteiger partial charge in [0.1, 0.15) is 17.9 Å². The summed E-state index contributed by atoms with van der Waals surface area (Å²) < 4.78 is 22.6. The fourth-order valence-corrected chi connectivity index (χ4v) is 4.45. The maximum absolute atomic E-state index is 13.3. The standard InChI is InChI=1S/C27H31NO6/c1-16-11-25(29)34-22-13-18(7-8-19(16)22)33-15-21-20-14-24(32-6)23(31-5)12-17(20)9-10-28(21)26(30)27(2,3)4/h7-8,11-14,21H,9-10,15H2,1-6H3/t21-/m0/s1. The zero-order valence-corrected chi connectivity index (χ0v) is 20.6. The minimum absolute atomic E-state index is 0.0571. The maximum Gasteiger partial charge on any atom is 0.336 e. The monoisotopic (exact) mass is 465 g/mol. The summed E-state index contributed by atoms with van der Waals surface area (Å²) in [7, 11) is 3.21. The lowest BCUT2D eigenvalue weighted by molar-refractivity contribution is -0.143. The van der Waals surface area contributed by atoms with Gasteiger partial charge in [-0.25, -0.2) is 4.79 Å². The zero-order valence-electron chi connectivity index (χ0n) is 20.6. The Morgan fingerprint density at radius 3 is 2.47 bits per heavy atom. The number of rotatable bonds is 5. The lowest BCUT2D eigenvalue weighted by atomic mass is 9.88. The number of carbonyl (C=O) groups is 1. The molecule has 3 aromatic rings. The van der Waals surface area contributed by atoms with Gasteiger partial charge in [-0.1, -0.05) is 20.8 Å². The molecule has 180 valence electrons. The van der Waals surface area contributed by atoms with Gasteiger partial charge in [-0.3, -0.25) is 4.79 Å². The maximum atomic E-state index is 13.3. The van der Waals surface area contributed by atoms with E-state index in [0.717, 1.165) is 22.1 Å². The minimum Gasteiger partial charge on any atom is -0.493 e. The lowest BCUT2D eigenvalue weighted by Gasteiger charge is -2.40. The van der Waals surface area contributed by atoms with Crippen LogP contribution in [0.3, 0.4) is 0 Å². The number of amides is 1. The quantitative estimate of drug-likeness (QED) is 0.510. The summed E-state index contributed by atoms with van der Waals surface area (Å²) in [5.41, 5.74) is 2.47. The molecule has 0 saturated carbocycles. The van der Waals surface area contributed by atoms with Crippen molar-refractivity contribution in [3.05, 3.63) is 63.5 Å². The molecule has 0 saturated heterocycles. The van der Waals surface area contributed by atoms with Crippen LogP contribution in [0.2, 0.25) is 0 Å². The van der Waals surface area contributed by atoms with Gasteiger partial charge in [-0.15, -0.1) is 0 Å². The van der Waals surface area contributed by atoms with Gasteiger partial charge >= 0.3 is 5.63 Å². The highest BCUT2D eigenvalue weighted by atomic mass is 16.5. The first-order chi connectivity index (χ1) is 16.1. The number of carbonyl (C=O) groups excluding carboxylic acids is 1. The summed E-state index contributed by atoms with van der Waals surface area (Å²) >= 11 is 0. The van der Waals surface area contributed by atoms with Crippen molar-refractivity contribution in [2.75, 3.05) is 27.4 Å². The fourth-order valence-electron chi connectivity index (χ4n) is 4.45. The van der Waals surface area contributed by atoms with E-state index in [9.17, 15) is 9.59 Å². The van der Waals surface area contributed by atoms with Gasteiger partial charge in [0.25, 0.3) is 0 Å². The van der Waals surface area contributed by atoms with E-state index in [-0.39, 0.29) is 18.6 Å². The van der Waals surface area contributed by atoms with Crippen molar-refractivity contribution in [3.63, 3.8) is 0 Å². The van der Waals surface area contributed by atoms with Crippen LogP contribution < -0.4 is 19.8 Å². The van der Waals surface area contributed by atoms with Gasteiger partial charge < -0.3 is 23.5 Å². The van der Waals surface area contributed by atoms with Crippen LogP contribution in [0, 0.1) is 12.3 Å². The van der Waals surface area contributed by atoms with Gasteiger partial charge in [-0.2, -0.15) is 0 Å². The van der Waals surface area contributed by atoms with E-state index in [1.807, 2.05) is 56.9 Å². The Hall–Kier alpha value is -3.48. The zero-order chi connectivity index (χ0) is 24.6. The van der Waals surface area contributed by atoms with Crippen molar-refractivity contribution in [3.8, 4) is 17.2 Å². The summed E-state index contributed by atoms with van der Waals surface area (Å²) in [4.78, 5) is 27.0. The molecule has 0 unspecified atom stereocenters. The highest BCUT2D eigenvalue weighted by Gasteiger charge is 2.37. The third-order valence-corrected chi connectivity index (χ3v) is 6.24. The van der Waals surface area contributed by atoms with E-state index in [1.54, 1.807) is 20.3 Å². The van der Waals surface area contributed by atoms with Crippen molar-refractivity contribution >= 4 is 16.9 Å². The van der Waals surface area contributed by atoms with Gasteiger partial charge in [-0.05, 0) is 54.3 Å². The molecule has 0 N–H and O–H groups in total. The molecule has 1 aliphatic heterocycles. The second-order valence-electron chi connectivity index (χ2n) is 9.64. The van der Waals surface area contributed by atoms with Crippen LogP contribution in [-0.4, -0.2) is 38.2 Å². The largest absolute Gasteiger partial charge is 0.493 e. The Morgan fingerprint density at radius 1 is 1.09 bits per heavy atom. The Bertz CT molecular complexity index is 1290. The molecule has 1 atom stereocenters. The average molecular weight is 466 g/mol. The molecule has 0 bridgehead atoms. The molecular weight excluding hydrogens is 434 g/mol. The summed E-state index contributed by atoms with van der Waals surface area (Å²) in [5.74, 6) is 1.90. The van der Waals surface area contributed by atoms with Crippen LogP contribution in [-0.2, 0) is 11.2 Å². The van der Waals surface area contributed by atoms with Crippen molar-refractivity contribution in [2.45, 2.75) is 40.2 Å². The first kappa shape index (κ1) is 23.7. The second-order valence-corrected chi connectivity index (χ2v) is 9.64. The van der Waals surface area contributed by atoms with E-state index in [1.165, 1.54) is 6.07 Å². The van der Waals surface area contributed by atoms with Gasteiger partial charge in [0.05, 0.1) is 20.3 Å². The highest BCUT2D eigenvalue weighted by Crippen LogP contribution is 2.40. The Kier molecular flexibility index (Phi) is 6.30. The van der Waals surface area contributed by atoms with Crippen molar-refractivity contribution < 1.29 is 23.4 Å². The van der Waals surface area contributed by atoms with E-state index in [4.69, 9.17) is 18.6 Å². The van der Waals surface area contributed by atoms with E-state index < -0.39 is 11.0 Å². The molecule has 2 heterocycles. The molecule has 0 fully saturated rings. The first-order valence-corrected chi connectivity index (χ1v) is 11.4. The number of nitrogens with zero attached hydrogens (tertiary/aromatic N) is 1. The van der Waals surface area contributed by atoms with E-state index >= 15 is 0 Å². The Balaban J connectivity index is 1.71. The summed E-state index contributed by atoms with van der Waals surface area (Å²) in [5, 5.41) is 0.858. The molecular formula is C27H31NO6. The molecule has 34 heavy (non-hydrogen) atoms. The van der Waals surface area contributed by atoms with Crippen molar-refractivity contribution in [1.29, 1.82) is 0 Å². The van der Waals surface area contributed by atoms with Crippen LogP contribution in [0.25, 0.3) is 11.0 Å². The van der Waals surface area contributed by atoms with Crippen LogP contribution in [0.4, 0.5) is 0 Å². The summed E-state index contributed by atoms with van der Waals surface area (Å²) in [6, 6.07) is 10.5. The molecule has 1 amide bonds. The van der Waals surface area contributed by atoms with E-state index in [0.29, 0.717) is 35.8 Å². The number of fused-ring (bicyclic) bond motifs is 2. The van der Waals surface area contributed by atoms with Gasteiger partial charge in [0.2, 0.25) is 5.91 Å². The van der Waals surface area contributed by atoms with Gasteiger partial charge in [0, 0.05) is 29.5 Å².